The maximum absolute atomic E-state index is 13.2. The third kappa shape index (κ3) is 5.41. The molecule has 2 aromatic carbocycles. The summed E-state index contributed by atoms with van der Waals surface area (Å²) in [5, 5.41) is 8.47. The van der Waals surface area contributed by atoms with E-state index in [4.69, 9.17) is 14.2 Å². The molecule has 3 heterocycles. The molecule has 4 aromatic rings. The molecule has 7 nitrogen and oxygen atoms in total. The fourth-order valence-electron chi connectivity index (χ4n) is 4.54. The van der Waals surface area contributed by atoms with Crippen molar-refractivity contribution in [1.82, 2.24) is 9.88 Å². The molecule has 1 fully saturated rings. The van der Waals surface area contributed by atoms with Gasteiger partial charge in [0.05, 0.1) is 16.8 Å². The van der Waals surface area contributed by atoms with Crippen molar-refractivity contribution in [1.29, 1.82) is 0 Å². The molecule has 0 atom stereocenters. The maximum Gasteiger partial charge on any atom is 0.272 e. The number of ether oxygens (including phenoxy) is 3. The summed E-state index contributed by atoms with van der Waals surface area (Å²) in [4.78, 5) is 13.2. The van der Waals surface area contributed by atoms with Gasteiger partial charge in [0.2, 0.25) is 0 Å². The standard InChI is InChI=1S/C28H31N3O4S/c1-31-25-12-15-36-27(25)16-26(31)28(32)30-24-5-3-4-19(17-33-2)23(24)18-34-20-6-8-21(9-7-20)35-22-10-13-29-14-11-22/h3-9,12,15-16,22,29H,10-11,13-14,17-18H2,1-2H3,(H,30,32). The summed E-state index contributed by atoms with van der Waals surface area (Å²) in [6.45, 7) is 2.71. The Kier molecular flexibility index (Phi) is 7.55. The summed E-state index contributed by atoms with van der Waals surface area (Å²) in [7, 11) is 3.57. The van der Waals surface area contributed by atoms with Crippen LogP contribution in [0.2, 0.25) is 0 Å². The van der Waals surface area contributed by atoms with Crippen LogP contribution in [0.1, 0.15) is 34.5 Å². The van der Waals surface area contributed by atoms with Crippen molar-refractivity contribution >= 4 is 33.1 Å². The highest BCUT2D eigenvalue weighted by Gasteiger charge is 2.18. The number of hydrogen-bond acceptors (Lipinski definition) is 6. The maximum atomic E-state index is 13.2. The molecule has 1 saturated heterocycles. The van der Waals surface area contributed by atoms with E-state index in [1.165, 1.54) is 0 Å². The van der Waals surface area contributed by atoms with Gasteiger partial charge in [-0.15, -0.1) is 11.3 Å². The molecule has 0 radical (unpaired) electrons. The number of benzene rings is 2. The Morgan fingerprint density at radius 2 is 1.86 bits per heavy atom. The van der Waals surface area contributed by atoms with E-state index in [0.717, 1.165) is 58.8 Å². The average Bonchev–Trinajstić information content (AvgIpc) is 3.48. The number of rotatable bonds is 9. The fourth-order valence-corrected chi connectivity index (χ4v) is 5.39. The molecule has 0 aliphatic carbocycles. The van der Waals surface area contributed by atoms with Gasteiger partial charge in [-0.25, -0.2) is 0 Å². The van der Waals surface area contributed by atoms with Crippen molar-refractivity contribution in [2.24, 2.45) is 7.05 Å². The SMILES string of the molecule is COCc1cccc(NC(=O)c2cc3sccc3n2C)c1COc1ccc(OC2CCNCC2)cc1. The first-order valence-electron chi connectivity index (χ1n) is 12.2. The van der Waals surface area contributed by atoms with Crippen LogP contribution < -0.4 is 20.1 Å². The van der Waals surface area contributed by atoms with Gasteiger partial charge in [-0.05, 0) is 79.3 Å². The first-order chi connectivity index (χ1) is 17.6. The molecule has 36 heavy (non-hydrogen) atoms. The van der Waals surface area contributed by atoms with Gasteiger partial charge in [-0.2, -0.15) is 0 Å². The van der Waals surface area contributed by atoms with Gasteiger partial charge < -0.3 is 29.4 Å². The second-order valence-corrected chi connectivity index (χ2v) is 9.86. The van der Waals surface area contributed by atoms with E-state index in [-0.39, 0.29) is 12.0 Å². The van der Waals surface area contributed by atoms with Crippen LogP contribution in [-0.2, 0) is 25.0 Å². The highest BCUT2D eigenvalue weighted by Crippen LogP contribution is 2.28. The highest BCUT2D eigenvalue weighted by atomic mass is 32.1. The van der Waals surface area contributed by atoms with Crippen LogP contribution in [0, 0.1) is 0 Å². The predicted octanol–water partition coefficient (Wildman–Crippen LogP) is 5.35. The van der Waals surface area contributed by atoms with Crippen LogP contribution in [0.5, 0.6) is 11.5 Å². The van der Waals surface area contributed by atoms with Crippen LogP contribution >= 0.6 is 11.3 Å². The summed E-state index contributed by atoms with van der Waals surface area (Å²) in [6.07, 6.45) is 2.29. The van der Waals surface area contributed by atoms with Gasteiger partial charge in [0.1, 0.15) is 29.9 Å². The van der Waals surface area contributed by atoms with Gasteiger partial charge >= 0.3 is 0 Å². The lowest BCUT2D eigenvalue weighted by Crippen LogP contribution is -2.34. The number of hydrogen-bond donors (Lipinski definition) is 2. The largest absolute Gasteiger partial charge is 0.490 e. The molecule has 1 aliphatic heterocycles. The Bertz CT molecular complexity index is 1320. The van der Waals surface area contributed by atoms with Crippen LogP contribution in [0.3, 0.4) is 0 Å². The minimum Gasteiger partial charge on any atom is -0.490 e. The van der Waals surface area contributed by atoms with E-state index in [0.29, 0.717) is 24.6 Å². The predicted molar refractivity (Wildman–Crippen MR) is 143 cm³/mol. The minimum atomic E-state index is -0.156. The van der Waals surface area contributed by atoms with E-state index in [1.807, 2.05) is 71.6 Å². The van der Waals surface area contributed by atoms with Crippen molar-refractivity contribution in [2.45, 2.75) is 32.2 Å². The van der Waals surface area contributed by atoms with Crippen molar-refractivity contribution in [3.8, 4) is 11.5 Å². The molecule has 188 valence electrons. The number of aryl methyl sites for hydroxylation is 1. The molecule has 5 rings (SSSR count). The smallest absolute Gasteiger partial charge is 0.272 e. The number of fused-ring (bicyclic) bond motifs is 1. The zero-order valence-electron chi connectivity index (χ0n) is 20.6. The first kappa shape index (κ1) is 24.4. The van der Waals surface area contributed by atoms with Crippen LogP contribution in [0.15, 0.2) is 60.0 Å². The summed E-state index contributed by atoms with van der Waals surface area (Å²) in [5.74, 6) is 1.43. The van der Waals surface area contributed by atoms with E-state index in [9.17, 15) is 4.79 Å². The molecule has 1 amide bonds. The van der Waals surface area contributed by atoms with E-state index >= 15 is 0 Å². The Hall–Kier alpha value is -3.33. The fraction of sp³-hybridized carbons (Fsp3) is 0.321. The summed E-state index contributed by atoms with van der Waals surface area (Å²) in [5.41, 5.74) is 4.23. The molecule has 8 heteroatoms. The molecule has 2 aromatic heterocycles. The number of piperidine rings is 1. The normalized spacial score (nSPS) is 14.2. The van der Waals surface area contributed by atoms with Crippen LogP contribution in [0.25, 0.3) is 10.2 Å². The van der Waals surface area contributed by atoms with E-state index < -0.39 is 0 Å². The van der Waals surface area contributed by atoms with Crippen molar-refractivity contribution in [2.75, 3.05) is 25.5 Å². The Labute approximate surface area is 215 Å². The van der Waals surface area contributed by atoms with Gasteiger partial charge in [0.15, 0.2) is 0 Å². The second kappa shape index (κ2) is 11.2. The Balaban J connectivity index is 1.30. The van der Waals surface area contributed by atoms with Crippen LogP contribution in [-0.4, -0.2) is 36.8 Å². The molecule has 2 N–H and O–H groups in total. The summed E-state index contributed by atoms with van der Waals surface area (Å²) >= 11 is 1.63. The summed E-state index contributed by atoms with van der Waals surface area (Å²) < 4.78 is 20.6. The summed E-state index contributed by atoms with van der Waals surface area (Å²) in [6, 6.07) is 17.5. The zero-order valence-corrected chi connectivity index (χ0v) is 21.4. The number of nitrogens with one attached hydrogen (secondary N) is 2. The van der Waals surface area contributed by atoms with Crippen molar-refractivity contribution in [3.05, 3.63) is 76.8 Å². The molecule has 0 unspecified atom stereocenters. The lowest BCUT2D eigenvalue weighted by molar-refractivity contribution is 0.101. The lowest BCUT2D eigenvalue weighted by Gasteiger charge is -2.23. The molecule has 1 aliphatic rings. The molecular weight excluding hydrogens is 474 g/mol. The number of thiophene rings is 1. The Morgan fingerprint density at radius 3 is 2.61 bits per heavy atom. The third-order valence-corrected chi connectivity index (χ3v) is 7.37. The molecule has 0 bridgehead atoms. The van der Waals surface area contributed by atoms with Gasteiger partial charge in [0, 0.05) is 25.4 Å². The minimum absolute atomic E-state index is 0.156. The number of anilines is 1. The lowest BCUT2D eigenvalue weighted by atomic mass is 10.1. The molecule has 0 spiro atoms. The number of carbonyl (C=O) groups is 1. The van der Waals surface area contributed by atoms with Gasteiger partial charge in [0.25, 0.3) is 5.91 Å². The monoisotopic (exact) mass is 505 g/mol. The quantitative estimate of drug-likeness (QED) is 0.321. The Morgan fingerprint density at radius 1 is 1.08 bits per heavy atom. The van der Waals surface area contributed by atoms with Crippen molar-refractivity contribution in [3.63, 3.8) is 0 Å². The van der Waals surface area contributed by atoms with Gasteiger partial charge in [-0.3, -0.25) is 4.79 Å². The average molecular weight is 506 g/mol. The number of aromatic nitrogens is 1. The van der Waals surface area contributed by atoms with E-state index in [1.54, 1.807) is 18.4 Å². The van der Waals surface area contributed by atoms with Crippen molar-refractivity contribution < 1.29 is 19.0 Å². The highest BCUT2D eigenvalue weighted by molar-refractivity contribution is 7.17. The second-order valence-electron chi connectivity index (χ2n) is 8.92. The van der Waals surface area contributed by atoms with Crippen LogP contribution in [0.4, 0.5) is 5.69 Å². The zero-order chi connectivity index (χ0) is 24.9. The molecular formula is C28H31N3O4S. The third-order valence-electron chi connectivity index (χ3n) is 6.51. The number of carbonyl (C=O) groups excluding carboxylic acids is 1. The molecule has 0 saturated carbocycles. The topological polar surface area (TPSA) is 73.8 Å². The first-order valence-corrected chi connectivity index (χ1v) is 13.0. The number of methoxy groups -OCH3 is 1. The number of amides is 1. The van der Waals surface area contributed by atoms with E-state index in [2.05, 4.69) is 10.6 Å². The van der Waals surface area contributed by atoms with Gasteiger partial charge in [-0.1, -0.05) is 12.1 Å². The number of nitrogens with zero attached hydrogens (tertiary/aromatic N) is 1.